The van der Waals surface area contributed by atoms with Crippen molar-refractivity contribution in [3.63, 3.8) is 0 Å². The summed E-state index contributed by atoms with van der Waals surface area (Å²) >= 11 is 0. The molecule has 0 spiro atoms. The molecule has 3 heterocycles. The summed E-state index contributed by atoms with van der Waals surface area (Å²) in [5.41, 5.74) is 1.92. The van der Waals surface area contributed by atoms with Crippen LogP contribution in [0.25, 0.3) is 0 Å². The minimum absolute atomic E-state index is 0.271. The molecule has 0 aliphatic carbocycles. The van der Waals surface area contributed by atoms with Crippen LogP contribution in [-0.2, 0) is 15.9 Å². The zero-order chi connectivity index (χ0) is 19.2. The zero-order valence-electron chi connectivity index (χ0n) is 17.7. The van der Waals surface area contributed by atoms with E-state index in [0.717, 1.165) is 24.0 Å². The van der Waals surface area contributed by atoms with Crippen LogP contribution in [0.5, 0.6) is 0 Å². The summed E-state index contributed by atoms with van der Waals surface area (Å²) in [6.45, 7) is 13.2. The van der Waals surface area contributed by atoms with E-state index in [1.165, 1.54) is 44.5 Å². The third-order valence-corrected chi connectivity index (χ3v) is 7.31. The fourth-order valence-electron chi connectivity index (χ4n) is 4.95. The van der Waals surface area contributed by atoms with Crippen molar-refractivity contribution in [2.45, 2.75) is 70.7 Å². The van der Waals surface area contributed by atoms with Crippen molar-refractivity contribution in [2.75, 3.05) is 26.7 Å². The Kier molecular flexibility index (Phi) is 5.17. The highest BCUT2D eigenvalue weighted by molar-refractivity contribution is 6.62. The van der Waals surface area contributed by atoms with Gasteiger partial charge in [0.2, 0.25) is 0 Å². The van der Waals surface area contributed by atoms with Crippen molar-refractivity contribution in [3.8, 4) is 0 Å². The lowest BCUT2D eigenvalue weighted by Gasteiger charge is -2.46. The van der Waals surface area contributed by atoms with Crippen LogP contribution >= 0.6 is 0 Å². The predicted octanol–water partition coefficient (Wildman–Crippen LogP) is 2.90. The highest BCUT2D eigenvalue weighted by atomic mass is 16.7. The standard InChI is InChI=1S/C22H35BN2O2/c1-21(2)22(3,4)27-23(26-21)19-10-6-8-17(14-19)15-25-13-11-20-18(16-25)9-7-12-24(20)5/h6,8,10,14,18,20H,7,9,11-13,15-16H2,1-5H3. The van der Waals surface area contributed by atoms with Gasteiger partial charge in [-0.2, -0.15) is 0 Å². The van der Waals surface area contributed by atoms with Gasteiger partial charge in [-0.3, -0.25) is 4.90 Å². The normalized spacial score (nSPS) is 31.1. The van der Waals surface area contributed by atoms with Gasteiger partial charge in [-0.05, 0) is 84.0 Å². The topological polar surface area (TPSA) is 24.9 Å². The molecular formula is C22H35BN2O2. The molecule has 5 heteroatoms. The number of fused-ring (bicyclic) bond motifs is 1. The Labute approximate surface area is 165 Å². The van der Waals surface area contributed by atoms with Gasteiger partial charge < -0.3 is 14.2 Å². The Hall–Kier alpha value is -0.875. The summed E-state index contributed by atoms with van der Waals surface area (Å²) in [7, 11) is 2.04. The highest BCUT2D eigenvalue weighted by Gasteiger charge is 2.51. The summed E-state index contributed by atoms with van der Waals surface area (Å²) in [5.74, 6) is 0.837. The maximum atomic E-state index is 6.24. The van der Waals surface area contributed by atoms with Crippen LogP contribution < -0.4 is 5.46 Å². The Bertz CT molecular complexity index is 662. The van der Waals surface area contributed by atoms with E-state index in [4.69, 9.17) is 9.31 Å². The molecule has 27 heavy (non-hydrogen) atoms. The SMILES string of the molecule is CN1CCCC2CN(Cc3cccc(B4OC(C)(C)C(C)(C)O4)c3)CCC21. The Balaban J connectivity index is 1.42. The Morgan fingerprint density at radius 1 is 1.07 bits per heavy atom. The summed E-state index contributed by atoms with van der Waals surface area (Å²) in [6.07, 6.45) is 4.04. The van der Waals surface area contributed by atoms with E-state index in [-0.39, 0.29) is 18.3 Å². The number of benzene rings is 1. The van der Waals surface area contributed by atoms with Gasteiger partial charge in [-0.1, -0.05) is 24.3 Å². The lowest BCUT2D eigenvalue weighted by Crippen LogP contribution is -2.52. The Morgan fingerprint density at radius 3 is 2.56 bits per heavy atom. The second-order valence-corrected chi connectivity index (χ2v) is 9.81. The van der Waals surface area contributed by atoms with Gasteiger partial charge in [0.1, 0.15) is 0 Å². The predicted molar refractivity (Wildman–Crippen MR) is 111 cm³/mol. The minimum atomic E-state index is -0.289. The molecule has 3 fully saturated rings. The van der Waals surface area contributed by atoms with Crippen LogP contribution in [0.2, 0.25) is 0 Å². The van der Waals surface area contributed by atoms with E-state index in [1.807, 2.05) is 0 Å². The molecule has 0 N–H and O–H groups in total. The molecule has 3 aliphatic rings. The molecular weight excluding hydrogens is 335 g/mol. The van der Waals surface area contributed by atoms with Crippen molar-refractivity contribution in [1.82, 2.24) is 9.80 Å². The fourth-order valence-corrected chi connectivity index (χ4v) is 4.95. The fraction of sp³-hybridized carbons (Fsp3) is 0.727. The maximum Gasteiger partial charge on any atom is 0.494 e. The number of hydrogen-bond donors (Lipinski definition) is 0. The quantitative estimate of drug-likeness (QED) is 0.764. The molecule has 2 unspecified atom stereocenters. The third-order valence-electron chi connectivity index (χ3n) is 7.31. The largest absolute Gasteiger partial charge is 0.494 e. The molecule has 0 saturated carbocycles. The highest BCUT2D eigenvalue weighted by Crippen LogP contribution is 2.36. The first-order valence-electron chi connectivity index (χ1n) is 10.6. The first-order valence-corrected chi connectivity index (χ1v) is 10.6. The number of nitrogens with zero attached hydrogens (tertiary/aromatic N) is 2. The van der Waals surface area contributed by atoms with Gasteiger partial charge in [0.15, 0.2) is 0 Å². The second-order valence-electron chi connectivity index (χ2n) is 9.81. The molecule has 3 saturated heterocycles. The molecule has 0 amide bonds. The van der Waals surface area contributed by atoms with Gasteiger partial charge in [-0.15, -0.1) is 0 Å². The molecule has 148 valence electrons. The lowest BCUT2D eigenvalue weighted by molar-refractivity contribution is 0.00578. The molecule has 4 nitrogen and oxygen atoms in total. The smallest absolute Gasteiger partial charge is 0.399 e. The molecule has 4 rings (SSSR count). The van der Waals surface area contributed by atoms with Crippen molar-refractivity contribution >= 4 is 12.6 Å². The van der Waals surface area contributed by atoms with Gasteiger partial charge in [0, 0.05) is 19.1 Å². The number of likely N-dealkylation sites (tertiary alicyclic amines) is 2. The first-order chi connectivity index (χ1) is 12.7. The molecule has 2 atom stereocenters. The summed E-state index contributed by atoms with van der Waals surface area (Å²) in [6, 6.07) is 9.60. The van der Waals surface area contributed by atoms with Gasteiger partial charge in [0.05, 0.1) is 11.2 Å². The van der Waals surface area contributed by atoms with E-state index >= 15 is 0 Å². The number of hydrogen-bond acceptors (Lipinski definition) is 4. The van der Waals surface area contributed by atoms with E-state index in [1.54, 1.807) is 0 Å². The van der Waals surface area contributed by atoms with Crippen molar-refractivity contribution in [3.05, 3.63) is 29.8 Å². The molecule has 0 aromatic heterocycles. The van der Waals surface area contributed by atoms with Gasteiger partial charge in [-0.25, -0.2) is 0 Å². The molecule has 0 radical (unpaired) electrons. The van der Waals surface area contributed by atoms with Crippen molar-refractivity contribution < 1.29 is 9.31 Å². The van der Waals surface area contributed by atoms with Crippen LogP contribution in [0, 0.1) is 5.92 Å². The molecule has 1 aromatic rings. The van der Waals surface area contributed by atoms with Crippen LogP contribution in [0.4, 0.5) is 0 Å². The zero-order valence-corrected chi connectivity index (χ0v) is 17.7. The van der Waals surface area contributed by atoms with Crippen LogP contribution in [0.1, 0.15) is 52.5 Å². The van der Waals surface area contributed by atoms with E-state index < -0.39 is 0 Å². The van der Waals surface area contributed by atoms with E-state index in [0.29, 0.717) is 0 Å². The van der Waals surface area contributed by atoms with Gasteiger partial charge >= 0.3 is 7.12 Å². The minimum Gasteiger partial charge on any atom is -0.399 e. The first kappa shape index (κ1) is 19.4. The monoisotopic (exact) mass is 370 g/mol. The second kappa shape index (κ2) is 7.18. The Morgan fingerprint density at radius 2 is 1.81 bits per heavy atom. The van der Waals surface area contributed by atoms with E-state index in [9.17, 15) is 0 Å². The van der Waals surface area contributed by atoms with Crippen molar-refractivity contribution in [1.29, 1.82) is 0 Å². The molecule has 0 bridgehead atoms. The molecule has 3 aliphatic heterocycles. The summed E-state index contributed by atoms with van der Waals surface area (Å²) in [5, 5.41) is 0. The average molecular weight is 370 g/mol. The third kappa shape index (κ3) is 3.84. The van der Waals surface area contributed by atoms with Crippen molar-refractivity contribution in [2.24, 2.45) is 5.92 Å². The van der Waals surface area contributed by atoms with Crippen LogP contribution in [0.3, 0.4) is 0 Å². The number of rotatable bonds is 3. The number of piperidine rings is 2. The van der Waals surface area contributed by atoms with Gasteiger partial charge in [0.25, 0.3) is 0 Å². The van der Waals surface area contributed by atoms with Crippen LogP contribution in [0.15, 0.2) is 24.3 Å². The van der Waals surface area contributed by atoms with Crippen LogP contribution in [-0.4, -0.2) is 60.8 Å². The summed E-state index contributed by atoms with van der Waals surface area (Å²) < 4.78 is 12.5. The molecule has 1 aromatic carbocycles. The lowest BCUT2D eigenvalue weighted by atomic mass is 9.78. The summed E-state index contributed by atoms with van der Waals surface area (Å²) in [4.78, 5) is 5.23. The maximum absolute atomic E-state index is 6.24. The average Bonchev–Trinajstić information content (AvgIpc) is 2.83. The van der Waals surface area contributed by atoms with E-state index in [2.05, 4.69) is 68.8 Å².